The van der Waals surface area contributed by atoms with Gasteiger partial charge in [-0.05, 0) is 46.5 Å². The van der Waals surface area contributed by atoms with Crippen molar-refractivity contribution in [1.29, 1.82) is 0 Å². The second kappa shape index (κ2) is 12.5. The van der Waals surface area contributed by atoms with Crippen LogP contribution in [-0.2, 0) is 11.3 Å². The number of hydrogen-bond acceptors (Lipinski definition) is 4. The average Bonchev–Trinajstić information content (AvgIpc) is 3.39. The number of amides is 2. The van der Waals surface area contributed by atoms with Crippen molar-refractivity contribution in [2.75, 3.05) is 31.9 Å². The number of hydrogen-bond donors (Lipinski definition) is 0. The van der Waals surface area contributed by atoms with E-state index in [-0.39, 0.29) is 23.2 Å². The predicted molar refractivity (Wildman–Crippen MR) is 166 cm³/mol. The Hall–Kier alpha value is -3.58. The van der Waals surface area contributed by atoms with Crippen molar-refractivity contribution in [2.45, 2.75) is 18.0 Å². The molecule has 5 nitrogen and oxygen atoms in total. The fraction of sp³-hybridized carbons (Fsp3) is 0.235. The summed E-state index contributed by atoms with van der Waals surface area (Å²) in [6.07, 6.45) is 0. The van der Waals surface area contributed by atoms with Gasteiger partial charge in [-0.25, -0.2) is 0 Å². The lowest BCUT2D eigenvalue weighted by Crippen LogP contribution is -2.49. The maximum atomic E-state index is 13.5. The maximum absolute atomic E-state index is 13.5. The number of halogens is 1. The monoisotopic (exact) mass is 581 g/mol. The molecule has 2 amide bonds. The van der Waals surface area contributed by atoms with Crippen LogP contribution in [0, 0.1) is 0 Å². The van der Waals surface area contributed by atoms with Gasteiger partial charge in [0, 0.05) is 43.3 Å². The van der Waals surface area contributed by atoms with Crippen LogP contribution in [0.4, 0.5) is 0 Å². The first-order chi connectivity index (χ1) is 20.1. The van der Waals surface area contributed by atoms with E-state index in [1.165, 1.54) is 11.1 Å². The van der Waals surface area contributed by atoms with Gasteiger partial charge in [-0.15, -0.1) is 11.8 Å². The quantitative estimate of drug-likeness (QED) is 0.245. The van der Waals surface area contributed by atoms with Gasteiger partial charge in [-0.3, -0.25) is 14.5 Å². The third-order valence-electron chi connectivity index (χ3n) is 7.87. The number of nitrogens with zero attached hydrogens (tertiary/aromatic N) is 3. The van der Waals surface area contributed by atoms with Crippen molar-refractivity contribution in [3.05, 3.63) is 142 Å². The molecule has 4 aromatic carbocycles. The lowest BCUT2D eigenvalue weighted by atomic mass is 9.96. The van der Waals surface area contributed by atoms with Crippen molar-refractivity contribution in [1.82, 2.24) is 14.7 Å². The summed E-state index contributed by atoms with van der Waals surface area (Å²) in [5.41, 5.74) is 5.29. The van der Waals surface area contributed by atoms with Crippen molar-refractivity contribution >= 4 is 35.2 Å². The number of thioether (sulfide) groups is 1. The second-order valence-corrected chi connectivity index (χ2v) is 12.0. The minimum atomic E-state index is -0.0706. The normalized spacial score (nSPS) is 17.8. The van der Waals surface area contributed by atoms with Crippen LogP contribution >= 0.6 is 23.4 Å². The lowest BCUT2D eigenvalue weighted by Gasteiger charge is -2.39. The van der Waals surface area contributed by atoms with E-state index >= 15 is 0 Å². The summed E-state index contributed by atoms with van der Waals surface area (Å²) in [5, 5.41) is 0.611. The van der Waals surface area contributed by atoms with E-state index in [4.69, 9.17) is 11.6 Å². The summed E-state index contributed by atoms with van der Waals surface area (Å²) in [7, 11) is 0. The van der Waals surface area contributed by atoms with Crippen molar-refractivity contribution in [3.8, 4) is 0 Å². The Morgan fingerprint density at radius 3 is 1.95 bits per heavy atom. The topological polar surface area (TPSA) is 43.9 Å². The molecule has 0 radical (unpaired) electrons. The highest BCUT2D eigenvalue weighted by atomic mass is 35.5. The highest BCUT2D eigenvalue weighted by Crippen LogP contribution is 2.40. The molecule has 0 aliphatic carbocycles. The Morgan fingerprint density at radius 2 is 1.37 bits per heavy atom. The molecule has 0 bridgehead atoms. The zero-order chi connectivity index (χ0) is 28.2. The highest BCUT2D eigenvalue weighted by molar-refractivity contribution is 8.00. The molecular weight excluding hydrogens is 550 g/mol. The van der Waals surface area contributed by atoms with E-state index in [9.17, 15) is 9.59 Å². The summed E-state index contributed by atoms with van der Waals surface area (Å²) >= 11 is 7.66. The molecule has 0 spiro atoms. The molecule has 2 heterocycles. The predicted octanol–water partition coefficient (Wildman–Crippen LogP) is 6.66. The zero-order valence-corrected chi connectivity index (χ0v) is 24.3. The molecule has 1 atom stereocenters. The largest absolute Gasteiger partial charge is 0.336 e. The second-order valence-electron chi connectivity index (χ2n) is 10.5. The Bertz CT molecular complexity index is 1430. The van der Waals surface area contributed by atoms with Gasteiger partial charge in [0.25, 0.3) is 5.91 Å². The van der Waals surface area contributed by atoms with Gasteiger partial charge in [0.2, 0.25) is 5.91 Å². The van der Waals surface area contributed by atoms with Gasteiger partial charge >= 0.3 is 0 Å². The Labute approximate surface area is 250 Å². The first-order valence-electron chi connectivity index (χ1n) is 14.0. The minimum Gasteiger partial charge on any atom is -0.336 e. The van der Waals surface area contributed by atoms with Crippen LogP contribution in [0.2, 0.25) is 5.02 Å². The van der Waals surface area contributed by atoms with Gasteiger partial charge < -0.3 is 9.80 Å². The molecule has 2 aliphatic rings. The maximum Gasteiger partial charge on any atom is 0.253 e. The molecule has 0 unspecified atom stereocenters. The minimum absolute atomic E-state index is 0.0559. The molecule has 4 aromatic rings. The van der Waals surface area contributed by atoms with Gasteiger partial charge in [-0.2, -0.15) is 0 Å². The standard InChI is InChI=1S/C34H32ClN3O2S/c35-30-17-11-25(12-18-30)23-38-31(39)24-41-34(38)29-15-13-28(14-16-29)33(40)37-21-19-36(20-22-37)32(26-7-3-1-4-8-26)27-9-5-2-6-10-27/h1-18,32,34H,19-24H2/t34-/m0/s1. The first-order valence-corrected chi connectivity index (χ1v) is 15.4. The molecule has 2 saturated heterocycles. The molecule has 0 N–H and O–H groups in total. The number of rotatable bonds is 7. The number of carbonyl (C=O) groups excluding carboxylic acids is 2. The molecule has 41 heavy (non-hydrogen) atoms. The summed E-state index contributed by atoms with van der Waals surface area (Å²) in [6.45, 7) is 3.50. The van der Waals surface area contributed by atoms with Crippen LogP contribution in [0.5, 0.6) is 0 Å². The summed E-state index contributed by atoms with van der Waals surface area (Å²) in [6, 6.07) is 36.8. The van der Waals surface area contributed by atoms with Crippen LogP contribution in [0.25, 0.3) is 0 Å². The molecule has 208 valence electrons. The third kappa shape index (κ3) is 6.20. The van der Waals surface area contributed by atoms with Crippen molar-refractivity contribution in [3.63, 3.8) is 0 Å². The van der Waals surface area contributed by atoms with Crippen LogP contribution in [0.3, 0.4) is 0 Å². The van der Waals surface area contributed by atoms with Gasteiger partial charge in [0.15, 0.2) is 0 Å². The Balaban J connectivity index is 1.11. The summed E-state index contributed by atoms with van der Waals surface area (Å²) in [5.74, 6) is 0.633. The summed E-state index contributed by atoms with van der Waals surface area (Å²) in [4.78, 5) is 32.5. The van der Waals surface area contributed by atoms with E-state index in [1.54, 1.807) is 11.8 Å². The number of carbonyl (C=O) groups is 2. The summed E-state index contributed by atoms with van der Waals surface area (Å²) < 4.78 is 0. The lowest BCUT2D eigenvalue weighted by molar-refractivity contribution is -0.128. The molecule has 2 aliphatic heterocycles. The van der Waals surface area contributed by atoms with Gasteiger partial charge in [0.05, 0.1) is 11.8 Å². The van der Waals surface area contributed by atoms with Crippen LogP contribution < -0.4 is 0 Å². The van der Waals surface area contributed by atoms with E-state index in [1.807, 2.05) is 70.5 Å². The van der Waals surface area contributed by atoms with Crippen molar-refractivity contribution < 1.29 is 9.59 Å². The molecule has 0 aromatic heterocycles. The van der Waals surface area contributed by atoms with E-state index < -0.39 is 0 Å². The average molecular weight is 582 g/mol. The first kappa shape index (κ1) is 27.6. The van der Waals surface area contributed by atoms with Crippen LogP contribution in [0.1, 0.15) is 44.0 Å². The Kier molecular flexibility index (Phi) is 8.42. The number of piperazine rings is 1. The fourth-order valence-corrected chi connectivity index (χ4v) is 7.04. The molecular formula is C34H32ClN3O2S. The van der Waals surface area contributed by atoms with Crippen LogP contribution in [-0.4, -0.2) is 58.4 Å². The molecule has 7 heteroatoms. The smallest absolute Gasteiger partial charge is 0.253 e. The van der Waals surface area contributed by atoms with E-state index in [0.29, 0.717) is 36.0 Å². The van der Waals surface area contributed by atoms with Gasteiger partial charge in [-0.1, -0.05) is 96.5 Å². The molecule has 0 saturated carbocycles. The molecule has 6 rings (SSSR count). The zero-order valence-electron chi connectivity index (χ0n) is 22.7. The SMILES string of the molecule is O=C(c1ccc([C@@H]2SCC(=O)N2Cc2ccc(Cl)cc2)cc1)N1CCN(C(c2ccccc2)c2ccccc2)CC1. The van der Waals surface area contributed by atoms with E-state index in [0.717, 1.165) is 24.2 Å². The van der Waals surface area contributed by atoms with E-state index in [2.05, 4.69) is 53.4 Å². The number of benzene rings is 4. The van der Waals surface area contributed by atoms with Gasteiger partial charge in [0.1, 0.15) is 5.37 Å². The van der Waals surface area contributed by atoms with Crippen molar-refractivity contribution in [2.24, 2.45) is 0 Å². The Morgan fingerprint density at radius 1 is 0.780 bits per heavy atom. The fourth-order valence-electron chi connectivity index (χ4n) is 5.73. The highest BCUT2D eigenvalue weighted by Gasteiger charge is 2.33. The molecule has 2 fully saturated rings. The third-order valence-corrected chi connectivity index (χ3v) is 9.38. The van der Waals surface area contributed by atoms with Crippen LogP contribution in [0.15, 0.2) is 109 Å².